The minimum absolute atomic E-state index is 0.180. The van der Waals surface area contributed by atoms with E-state index in [1.54, 1.807) is 36.4 Å². The molecule has 2 heterocycles. The van der Waals surface area contributed by atoms with Gasteiger partial charge < -0.3 is 9.47 Å². The third kappa shape index (κ3) is 3.55. The van der Waals surface area contributed by atoms with Crippen LogP contribution < -0.4 is 9.47 Å². The van der Waals surface area contributed by atoms with Crippen molar-refractivity contribution in [3.63, 3.8) is 0 Å². The van der Waals surface area contributed by atoms with Crippen LogP contribution in [0.3, 0.4) is 0 Å². The zero-order valence-electron chi connectivity index (χ0n) is 14.6. The molecule has 4 nitrogen and oxygen atoms in total. The van der Waals surface area contributed by atoms with Crippen LogP contribution in [0.25, 0.3) is 6.08 Å². The van der Waals surface area contributed by atoms with Crippen molar-refractivity contribution >= 4 is 29.2 Å². The summed E-state index contributed by atoms with van der Waals surface area (Å²) in [5.41, 5.74) is 2.59. The van der Waals surface area contributed by atoms with Crippen LogP contribution in [0.15, 0.2) is 65.7 Å². The van der Waals surface area contributed by atoms with E-state index in [0.29, 0.717) is 21.9 Å². The molecule has 1 aromatic heterocycles. The number of ether oxygens (including phenoxy) is 2. The minimum atomic E-state index is -0.430. The smallest absolute Gasteiger partial charge is 0.353 e. The molecule has 0 aliphatic carbocycles. The topological polar surface area (TPSA) is 52.6 Å². The van der Waals surface area contributed by atoms with E-state index in [0.717, 1.165) is 12.0 Å². The number of allylic oxidation sites excluding steroid dienone is 1. The van der Waals surface area contributed by atoms with E-state index in [2.05, 4.69) is 6.92 Å². The number of esters is 1. The highest BCUT2D eigenvalue weighted by atomic mass is 32.1. The highest BCUT2D eigenvalue weighted by Crippen LogP contribution is 2.35. The first kappa shape index (κ1) is 17.2. The number of benzene rings is 2. The highest BCUT2D eigenvalue weighted by Gasteiger charge is 2.28. The molecule has 0 bridgehead atoms. The van der Waals surface area contributed by atoms with Gasteiger partial charge in [-0.25, -0.2) is 4.79 Å². The maximum absolute atomic E-state index is 12.5. The minimum Gasteiger partial charge on any atom is -0.452 e. The number of fused-ring (bicyclic) bond motifs is 1. The van der Waals surface area contributed by atoms with Gasteiger partial charge in [0, 0.05) is 6.07 Å². The van der Waals surface area contributed by atoms with E-state index < -0.39 is 5.97 Å². The number of hydrogen-bond acceptors (Lipinski definition) is 5. The first-order valence-electron chi connectivity index (χ1n) is 8.57. The molecule has 2 aromatic carbocycles. The van der Waals surface area contributed by atoms with E-state index >= 15 is 0 Å². The summed E-state index contributed by atoms with van der Waals surface area (Å²) in [4.78, 5) is 25.1. The van der Waals surface area contributed by atoms with E-state index in [-0.39, 0.29) is 11.5 Å². The average molecular weight is 376 g/mol. The quantitative estimate of drug-likeness (QED) is 0.359. The van der Waals surface area contributed by atoms with Crippen molar-refractivity contribution in [2.75, 3.05) is 0 Å². The van der Waals surface area contributed by atoms with Gasteiger partial charge in [-0.05, 0) is 47.2 Å². The van der Waals surface area contributed by atoms with Crippen LogP contribution in [0.1, 0.15) is 38.1 Å². The molecule has 1 aliphatic rings. The van der Waals surface area contributed by atoms with Gasteiger partial charge in [-0.1, -0.05) is 37.3 Å². The molecule has 0 unspecified atom stereocenters. The lowest BCUT2D eigenvalue weighted by atomic mass is 10.1. The predicted molar refractivity (Wildman–Crippen MR) is 104 cm³/mol. The van der Waals surface area contributed by atoms with Crippen molar-refractivity contribution in [2.24, 2.45) is 0 Å². The highest BCUT2D eigenvalue weighted by molar-refractivity contribution is 7.12. The van der Waals surface area contributed by atoms with Gasteiger partial charge in [0.05, 0.1) is 5.56 Å². The van der Waals surface area contributed by atoms with Gasteiger partial charge in [0.2, 0.25) is 5.78 Å². The standard InChI is InChI=1S/C22H16O4S/c1-2-14-5-7-15(8-6-14)12-19-21(23)17-10-9-16(13-18(17)26-19)25-22(24)20-4-3-11-27-20/h3-13H,2H2,1H3/b19-12-. The van der Waals surface area contributed by atoms with Crippen molar-refractivity contribution in [3.05, 3.63) is 87.3 Å². The zero-order chi connectivity index (χ0) is 18.8. The Balaban J connectivity index is 1.54. The Morgan fingerprint density at radius 2 is 1.96 bits per heavy atom. The molecule has 1 aliphatic heterocycles. The first-order valence-corrected chi connectivity index (χ1v) is 9.45. The van der Waals surface area contributed by atoms with Crippen LogP contribution in [0.4, 0.5) is 0 Å². The van der Waals surface area contributed by atoms with Crippen molar-refractivity contribution in [2.45, 2.75) is 13.3 Å². The number of carbonyl (C=O) groups excluding carboxylic acids is 2. The number of rotatable bonds is 4. The molecule has 0 radical (unpaired) electrons. The van der Waals surface area contributed by atoms with E-state index in [1.165, 1.54) is 16.9 Å². The first-order chi connectivity index (χ1) is 13.1. The summed E-state index contributed by atoms with van der Waals surface area (Å²) in [6, 6.07) is 16.3. The van der Waals surface area contributed by atoms with Crippen LogP contribution >= 0.6 is 11.3 Å². The second-order valence-corrected chi connectivity index (χ2v) is 7.01. The lowest BCUT2D eigenvalue weighted by molar-refractivity contribution is 0.0739. The van der Waals surface area contributed by atoms with E-state index in [1.807, 2.05) is 29.6 Å². The normalized spacial score (nSPS) is 14.1. The van der Waals surface area contributed by atoms with Crippen molar-refractivity contribution < 1.29 is 19.1 Å². The lowest BCUT2D eigenvalue weighted by Crippen LogP contribution is -2.06. The molecule has 0 spiro atoms. The Labute approximate surface area is 160 Å². The fraction of sp³-hybridized carbons (Fsp3) is 0.0909. The van der Waals surface area contributed by atoms with Crippen LogP contribution in [0, 0.1) is 0 Å². The molecule has 0 N–H and O–H groups in total. The summed E-state index contributed by atoms with van der Waals surface area (Å²) < 4.78 is 11.1. The van der Waals surface area contributed by atoms with Gasteiger partial charge in [0.25, 0.3) is 0 Å². The molecule has 3 aromatic rings. The molecule has 0 amide bonds. The second kappa shape index (κ2) is 7.21. The average Bonchev–Trinajstić information content (AvgIpc) is 3.32. The zero-order valence-corrected chi connectivity index (χ0v) is 15.4. The van der Waals surface area contributed by atoms with Gasteiger partial charge in [-0.15, -0.1) is 11.3 Å². The molecule has 0 saturated heterocycles. The maximum atomic E-state index is 12.5. The number of ketones is 1. The van der Waals surface area contributed by atoms with Crippen LogP contribution in [-0.2, 0) is 6.42 Å². The Hall–Kier alpha value is -3.18. The van der Waals surface area contributed by atoms with Gasteiger partial charge in [0.1, 0.15) is 16.4 Å². The monoisotopic (exact) mass is 376 g/mol. The third-order valence-electron chi connectivity index (χ3n) is 4.26. The fourth-order valence-electron chi connectivity index (χ4n) is 2.78. The van der Waals surface area contributed by atoms with Gasteiger partial charge in [-0.3, -0.25) is 4.79 Å². The van der Waals surface area contributed by atoms with Gasteiger partial charge in [0.15, 0.2) is 5.76 Å². The Bertz CT molecular complexity index is 1030. The number of carbonyl (C=O) groups is 2. The van der Waals surface area contributed by atoms with Crippen molar-refractivity contribution in [1.29, 1.82) is 0 Å². The molecular weight excluding hydrogens is 360 g/mol. The van der Waals surface area contributed by atoms with E-state index in [4.69, 9.17) is 9.47 Å². The molecule has 27 heavy (non-hydrogen) atoms. The SMILES string of the molecule is CCc1ccc(/C=C2\Oc3cc(OC(=O)c4cccs4)ccc3C2=O)cc1. The molecule has 0 saturated carbocycles. The number of thiophene rings is 1. The molecule has 134 valence electrons. The molecule has 0 atom stereocenters. The van der Waals surface area contributed by atoms with Gasteiger partial charge >= 0.3 is 5.97 Å². The van der Waals surface area contributed by atoms with Crippen LogP contribution in [0.5, 0.6) is 11.5 Å². The van der Waals surface area contributed by atoms with Crippen LogP contribution in [-0.4, -0.2) is 11.8 Å². The summed E-state index contributed by atoms with van der Waals surface area (Å²) in [5, 5.41) is 1.81. The number of aryl methyl sites for hydroxylation is 1. The number of hydrogen-bond donors (Lipinski definition) is 0. The summed E-state index contributed by atoms with van der Waals surface area (Å²) in [7, 11) is 0. The number of Topliss-reactive ketones (excluding diaryl/α,β-unsaturated/α-hetero) is 1. The molecular formula is C22H16O4S. The largest absolute Gasteiger partial charge is 0.452 e. The molecule has 0 fully saturated rings. The lowest BCUT2D eigenvalue weighted by Gasteiger charge is -2.04. The van der Waals surface area contributed by atoms with Crippen molar-refractivity contribution in [1.82, 2.24) is 0 Å². The second-order valence-electron chi connectivity index (χ2n) is 6.06. The Kier molecular flexibility index (Phi) is 4.60. The predicted octanol–water partition coefficient (Wildman–Crippen LogP) is 5.15. The molecule has 5 heteroatoms. The van der Waals surface area contributed by atoms with Gasteiger partial charge in [-0.2, -0.15) is 0 Å². The third-order valence-corrected chi connectivity index (χ3v) is 5.11. The van der Waals surface area contributed by atoms with E-state index in [9.17, 15) is 9.59 Å². The van der Waals surface area contributed by atoms with Crippen molar-refractivity contribution in [3.8, 4) is 11.5 Å². The summed E-state index contributed by atoms with van der Waals surface area (Å²) in [6.45, 7) is 2.09. The summed E-state index contributed by atoms with van der Waals surface area (Å²) in [6.07, 6.45) is 2.68. The molecule has 4 rings (SSSR count). The maximum Gasteiger partial charge on any atom is 0.353 e. The fourth-order valence-corrected chi connectivity index (χ4v) is 3.38. The van der Waals surface area contributed by atoms with Crippen LogP contribution in [0.2, 0.25) is 0 Å². The summed E-state index contributed by atoms with van der Waals surface area (Å²) in [5.74, 6) is 0.388. The Morgan fingerprint density at radius 1 is 1.15 bits per heavy atom. The summed E-state index contributed by atoms with van der Waals surface area (Å²) >= 11 is 1.31. The Morgan fingerprint density at radius 3 is 2.67 bits per heavy atom.